The molecule has 0 aromatic carbocycles. The Morgan fingerprint density at radius 3 is 2.40 bits per heavy atom. The molecule has 88 valence electrons. The molecule has 15 heavy (non-hydrogen) atoms. The molecule has 1 fully saturated rings. The second kappa shape index (κ2) is 4.84. The van der Waals surface area contributed by atoms with Gasteiger partial charge in [-0.05, 0) is 20.3 Å². The van der Waals surface area contributed by atoms with Crippen molar-refractivity contribution in [3.8, 4) is 0 Å². The number of carbonyl (C=O) groups is 1. The van der Waals surface area contributed by atoms with E-state index in [-0.39, 0.29) is 11.6 Å². The lowest BCUT2D eigenvalue weighted by atomic mass is 10.0. The Balaban J connectivity index is 2.58. The van der Waals surface area contributed by atoms with Gasteiger partial charge in [0.1, 0.15) is 0 Å². The smallest absolute Gasteiger partial charge is 0.320 e. The minimum atomic E-state index is -0.0536. The number of hydrogen-bond donors (Lipinski definition) is 1. The highest BCUT2D eigenvalue weighted by Gasteiger charge is 2.29. The molecule has 0 unspecified atom stereocenters. The van der Waals surface area contributed by atoms with Crippen molar-refractivity contribution < 1.29 is 4.79 Å². The first kappa shape index (κ1) is 12.3. The van der Waals surface area contributed by atoms with E-state index in [1.807, 2.05) is 16.8 Å². The molecule has 1 N–H and O–H groups in total. The molecule has 2 amide bonds. The van der Waals surface area contributed by atoms with Gasteiger partial charge in [0, 0.05) is 38.8 Å². The molecule has 1 rings (SSSR count). The zero-order chi connectivity index (χ0) is 11.5. The molecule has 0 aromatic rings. The Bertz CT molecular complexity index is 222. The van der Waals surface area contributed by atoms with Gasteiger partial charge in [0.05, 0.1) is 0 Å². The van der Waals surface area contributed by atoms with Crippen molar-refractivity contribution in [2.24, 2.45) is 0 Å². The van der Waals surface area contributed by atoms with E-state index in [9.17, 15) is 4.79 Å². The second-order valence-corrected chi connectivity index (χ2v) is 4.74. The number of nitrogens with zero attached hydrogens (tertiary/aromatic N) is 2. The molecule has 0 spiro atoms. The normalized spacial score (nSPS) is 17.7. The molecule has 0 saturated carbocycles. The van der Waals surface area contributed by atoms with Crippen LogP contribution >= 0.6 is 0 Å². The van der Waals surface area contributed by atoms with Crippen LogP contribution in [0.2, 0.25) is 0 Å². The summed E-state index contributed by atoms with van der Waals surface area (Å²) >= 11 is 0. The number of nitrogens with one attached hydrogen (secondary N) is 1. The van der Waals surface area contributed by atoms with E-state index in [2.05, 4.69) is 26.1 Å². The molecular formula is C11H23N3O. The van der Waals surface area contributed by atoms with Crippen LogP contribution in [0.25, 0.3) is 0 Å². The summed E-state index contributed by atoms with van der Waals surface area (Å²) < 4.78 is 0. The molecule has 1 aliphatic rings. The van der Waals surface area contributed by atoms with Gasteiger partial charge in [-0.1, -0.05) is 6.92 Å². The number of amides is 2. The lowest BCUT2D eigenvalue weighted by molar-refractivity contribution is 0.112. The Hall–Kier alpha value is -0.770. The number of hydrogen-bond acceptors (Lipinski definition) is 2. The molecule has 4 heteroatoms. The monoisotopic (exact) mass is 213 g/mol. The largest absolute Gasteiger partial charge is 0.323 e. The molecule has 4 nitrogen and oxygen atoms in total. The van der Waals surface area contributed by atoms with Crippen LogP contribution in [0.5, 0.6) is 0 Å². The van der Waals surface area contributed by atoms with E-state index in [4.69, 9.17) is 0 Å². The summed E-state index contributed by atoms with van der Waals surface area (Å²) in [5, 5.41) is 3.25. The van der Waals surface area contributed by atoms with E-state index in [1.165, 1.54) is 0 Å². The maximum absolute atomic E-state index is 12.1. The molecule has 0 aliphatic carbocycles. The van der Waals surface area contributed by atoms with E-state index < -0.39 is 0 Å². The standard InChI is InChI=1S/C11H23N3O/c1-5-11(2,3)13(4)10(15)14-8-6-12-7-9-14/h12H,5-9H2,1-4H3. The fraction of sp³-hybridized carbons (Fsp3) is 0.909. The van der Waals surface area contributed by atoms with Gasteiger partial charge in [-0.3, -0.25) is 0 Å². The fourth-order valence-corrected chi connectivity index (χ4v) is 1.56. The van der Waals surface area contributed by atoms with E-state index in [0.29, 0.717) is 0 Å². The van der Waals surface area contributed by atoms with E-state index in [0.717, 1.165) is 32.6 Å². The van der Waals surface area contributed by atoms with Crippen LogP contribution in [0.15, 0.2) is 0 Å². The van der Waals surface area contributed by atoms with E-state index >= 15 is 0 Å². The Kier molecular flexibility index (Phi) is 3.97. The van der Waals surface area contributed by atoms with Crippen LogP contribution in [0.1, 0.15) is 27.2 Å². The first-order chi connectivity index (χ1) is 6.99. The maximum atomic E-state index is 12.1. The lowest BCUT2D eigenvalue weighted by Gasteiger charge is -2.39. The molecule has 0 atom stereocenters. The third-order valence-electron chi connectivity index (χ3n) is 3.45. The van der Waals surface area contributed by atoms with Crippen LogP contribution < -0.4 is 5.32 Å². The van der Waals surface area contributed by atoms with Gasteiger partial charge in [-0.15, -0.1) is 0 Å². The van der Waals surface area contributed by atoms with Gasteiger partial charge in [0.25, 0.3) is 0 Å². The van der Waals surface area contributed by atoms with Crippen molar-refractivity contribution in [1.29, 1.82) is 0 Å². The summed E-state index contributed by atoms with van der Waals surface area (Å²) in [6.07, 6.45) is 0.974. The van der Waals surface area contributed by atoms with Crippen molar-refractivity contribution in [1.82, 2.24) is 15.1 Å². The Labute approximate surface area is 92.6 Å². The predicted molar refractivity (Wildman–Crippen MR) is 62.0 cm³/mol. The fourth-order valence-electron chi connectivity index (χ4n) is 1.56. The van der Waals surface area contributed by atoms with Crippen molar-refractivity contribution in [2.45, 2.75) is 32.7 Å². The lowest BCUT2D eigenvalue weighted by Crippen LogP contribution is -2.55. The molecule has 0 radical (unpaired) electrons. The summed E-state index contributed by atoms with van der Waals surface area (Å²) in [6, 6.07) is 0.156. The molecule has 0 aromatic heterocycles. The van der Waals surface area contributed by atoms with Gasteiger partial charge < -0.3 is 15.1 Å². The summed E-state index contributed by atoms with van der Waals surface area (Å²) in [5.41, 5.74) is -0.0536. The first-order valence-corrected chi connectivity index (χ1v) is 5.72. The average Bonchev–Trinajstić information content (AvgIpc) is 2.28. The van der Waals surface area contributed by atoms with Crippen molar-refractivity contribution in [3.63, 3.8) is 0 Å². The van der Waals surface area contributed by atoms with Crippen LogP contribution in [0.4, 0.5) is 4.79 Å². The van der Waals surface area contributed by atoms with Crippen molar-refractivity contribution >= 4 is 6.03 Å². The number of urea groups is 1. The average molecular weight is 213 g/mol. The predicted octanol–water partition coefficient (Wildman–Crippen LogP) is 1.13. The SMILES string of the molecule is CCC(C)(C)N(C)C(=O)N1CCNCC1. The number of carbonyl (C=O) groups excluding carboxylic acids is 1. The van der Waals surface area contributed by atoms with Gasteiger partial charge in [-0.25, -0.2) is 4.79 Å². The zero-order valence-corrected chi connectivity index (χ0v) is 10.3. The minimum absolute atomic E-state index is 0.0536. The highest BCUT2D eigenvalue weighted by atomic mass is 16.2. The van der Waals surface area contributed by atoms with Crippen LogP contribution in [-0.2, 0) is 0 Å². The van der Waals surface area contributed by atoms with Crippen molar-refractivity contribution in [2.75, 3.05) is 33.2 Å². The quantitative estimate of drug-likeness (QED) is 0.746. The van der Waals surface area contributed by atoms with Gasteiger partial charge in [-0.2, -0.15) is 0 Å². The highest BCUT2D eigenvalue weighted by molar-refractivity contribution is 5.75. The topological polar surface area (TPSA) is 35.6 Å². The zero-order valence-electron chi connectivity index (χ0n) is 10.3. The summed E-state index contributed by atoms with van der Waals surface area (Å²) in [5.74, 6) is 0. The highest BCUT2D eigenvalue weighted by Crippen LogP contribution is 2.18. The summed E-state index contributed by atoms with van der Waals surface area (Å²) in [6.45, 7) is 9.78. The third-order valence-corrected chi connectivity index (χ3v) is 3.45. The van der Waals surface area contributed by atoms with E-state index in [1.54, 1.807) is 0 Å². The van der Waals surface area contributed by atoms with Gasteiger partial charge in [0.2, 0.25) is 0 Å². The third kappa shape index (κ3) is 2.84. The van der Waals surface area contributed by atoms with Crippen LogP contribution in [0, 0.1) is 0 Å². The number of piperazine rings is 1. The number of rotatable bonds is 2. The molecule has 1 aliphatic heterocycles. The molecule has 1 saturated heterocycles. The second-order valence-electron chi connectivity index (χ2n) is 4.74. The molecular weight excluding hydrogens is 190 g/mol. The minimum Gasteiger partial charge on any atom is -0.323 e. The van der Waals surface area contributed by atoms with Crippen LogP contribution in [-0.4, -0.2) is 54.6 Å². The van der Waals surface area contributed by atoms with Gasteiger partial charge in [0.15, 0.2) is 0 Å². The maximum Gasteiger partial charge on any atom is 0.320 e. The van der Waals surface area contributed by atoms with Crippen molar-refractivity contribution in [3.05, 3.63) is 0 Å². The molecule has 0 bridgehead atoms. The Morgan fingerprint density at radius 2 is 1.93 bits per heavy atom. The van der Waals surface area contributed by atoms with Crippen LogP contribution in [0.3, 0.4) is 0 Å². The van der Waals surface area contributed by atoms with Gasteiger partial charge >= 0.3 is 6.03 Å². The summed E-state index contributed by atoms with van der Waals surface area (Å²) in [7, 11) is 1.90. The Morgan fingerprint density at radius 1 is 1.40 bits per heavy atom. The first-order valence-electron chi connectivity index (χ1n) is 5.72. The summed E-state index contributed by atoms with van der Waals surface area (Å²) in [4.78, 5) is 15.9. The molecule has 1 heterocycles.